The van der Waals surface area contributed by atoms with Gasteiger partial charge in [-0.1, -0.05) is 24.3 Å². The topological polar surface area (TPSA) is 123 Å². The number of fused-ring (bicyclic) bond motifs is 1. The highest BCUT2D eigenvalue weighted by Crippen LogP contribution is 2.38. The average molecular weight is 546 g/mol. The van der Waals surface area contributed by atoms with Gasteiger partial charge < -0.3 is 26.0 Å². The molecule has 0 unspecified atom stereocenters. The van der Waals surface area contributed by atoms with Crippen molar-refractivity contribution >= 4 is 33.3 Å². The van der Waals surface area contributed by atoms with Gasteiger partial charge in [0.15, 0.2) is 0 Å². The molecule has 0 saturated heterocycles. The van der Waals surface area contributed by atoms with Crippen molar-refractivity contribution < 1.29 is 28.5 Å². The summed E-state index contributed by atoms with van der Waals surface area (Å²) in [5, 5.41) is 37.4. The molecular weight excluding hydrogens is 519 g/mol. The summed E-state index contributed by atoms with van der Waals surface area (Å²) in [5.41, 5.74) is 1.95. The van der Waals surface area contributed by atoms with Gasteiger partial charge in [0.1, 0.15) is 16.9 Å². The molecule has 0 spiro atoms. The average Bonchev–Trinajstić information content (AvgIpc) is 3.43. The van der Waals surface area contributed by atoms with Crippen molar-refractivity contribution in [1.29, 1.82) is 0 Å². The molecule has 200 valence electrons. The monoisotopic (exact) mass is 545 g/mol. The molecule has 0 bridgehead atoms. The number of aromatic nitrogens is 3. The maximum absolute atomic E-state index is 12.9. The number of hydrogen-bond acceptors (Lipinski definition) is 9. The number of rotatable bonds is 7. The van der Waals surface area contributed by atoms with Gasteiger partial charge in [0.2, 0.25) is 5.95 Å². The number of anilines is 2. The van der Waals surface area contributed by atoms with Gasteiger partial charge >= 0.3 is 6.18 Å². The normalized spacial score (nSPS) is 21.7. The maximum atomic E-state index is 12.9. The zero-order chi connectivity index (χ0) is 27.0. The molecule has 1 fully saturated rings. The van der Waals surface area contributed by atoms with E-state index in [0.29, 0.717) is 34.1 Å². The van der Waals surface area contributed by atoms with Crippen LogP contribution < -0.4 is 10.6 Å². The first kappa shape index (κ1) is 26.3. The van der Waals surface area contributed by atoms with Crippen LogP contribution in [0.25, 0.3) is 20.8 Å². The first-order valence-electron chi connectivity index (χ1n) is 12.0. The van der Waals surface area contributed by atoms with E-state index in [9.17, 15) is 28.5 Å². The van der Waals surface area contributed by atoms with Gasteiger partial charge in [-0.05, 0) is 43.2 Å². The number of hydrogen-bond donors (Lipinski definition) is 5. The van der Waals surface area contributed by atoms with E-state index >= 15 is 0 Å². The van der Waals surface area contributed by atoms with Crippen molar-refractivity contribution in [3.63, 3.8) is 0 Å². The van der Waals surface area contributed by atoms with Crippen LogP contribution in [-0.2, 0) is 12.7 Å². The Morgan fingerprint density at radius 2 is 1.74 bits per heavy atom. The van der Waals surface area contributed by atoms with E-state index in [1.807, 2.05) is 24.3 Å². The molecule has 0 aliphatic heterocycles. The van der Waals surface area contributed by atoms with Gasteiger partial charge in [-0.2, -0.15) is 18.2 Å². The summed E-state index contributed by atoms with van der Waals surface area (Å²) in [4.78, 5) is 13.9. The minimum Gasteiger partial charge on any atom is -0.396 e. The second-order valence-electron chi connectivity index (χ2n) is 9.30. The number of para-hydroxylation sites is 1. The van der Waals surface area contributed by atoms with E-state index in [1.54, 1.807) is 6.92 Å². The van der Waals surface area contributed by atoms with Crippen LogP contribution in [0.15, 0.2) is 48.5 Å². The number of thiazole rings is 1. The van der Waals surface area contributed by atoms with Gasteiger partial charge in [0.05, 0.1) is 39.2 Å². The van der Waals surface area contributed by atoms with E-state index in [2.05, 4.69) is 20.6 Å². The molecule has 5 rings (SSSR count). The van der Waals surface area contributed by atoms with Crippen LogP contribution in [0.3, 0.4) is 0 Å². The lowest BCUT2D eigenvalue weighted by molar-refractivity contribution is -0.137. The number of benzene rings is 2. The molecule has 2 aromatic heterocycles. The third-order valence-corrected chi connectivity index (χ3v) is 7.74. The smallest absolute Gasteiger partial charge is 0.396 e. The summed E-state index contributed by atoms with van der Waals surface area (Å²) >= 11 is 1.47. The molecule has 38 heavy (non-hydrogen) atoms. The molecule has 4 aromatic rings. The molecule has 2 aromatic carbocycles. The Kier molecular flexibility index (Phi) is 7.23. The summed E-state index contributed by atoms with van der Waals surface area (Å²) in [7, 11) is 0. The van der Waals surface area contributed by atoms with Gasteiger partial charge in [-0.3, -0.25) is 0 Å². The fraction of sp³-hybridized carbons (Fsp3) is 0.346. The Labute approximate surface area is 220 Å². The minimum atomic E-state index is -4.41. The Morgan fingerprint density at radius 3 is 2.39 bits per heavy atom. The van der Waals surface area contributed by atoms with Crippen molar-refractivity contribution in [2.45, 2.75) is 44.3 Å². The number of aliphatic hydroxyl groups excluding tert-OH is 3. The molecule has 0 amide bonds. The maximum Gasteiger partial charge on any atom is 0.416 e. The highest BCUT2D eigenvalue weighted by Gasteiger charge is 2.41. The standard InChI is InChI=1S/C26H26F3N5O3S/c1-13-20(24-33-17-4-2-3-5-19(17)38-24)23(32-18-10-15(12-35)21(36)22(18)37)34-25(31-13)30-11-14-6-8-16(9-7-14)26(27,28)29/h2-9,15,18,21-22,35-37H,10-12H2,1H3,(H2,30,31,32,34)/t15-,18-,21-,22+/m1/s1. The highest BCUT2D eigenvalue weighted by molar-refractivity contribution is 7.21. The molecule has 1 saturated carbocycles. The fourth-order valence-corrected chi connectivity index (χ4v) is 5.67. The molecule has 0 radical (unpaired) electrons. The lowest BCUT2D eigenvalue weighted by Gasteiger charge is -2.21. The highest BCUT2D eigenvalue weighted by atomic mass is 32.1. The summed E-state index contributed by atoms with van der Waals surface area (Å²) in [5.74, 6) is 0.149. The molecule has 1 aliphatic carbocycles. The third-order valence-electron chi connectivity index (χ3n) is 6.69. The lowest BCUT2D eigenvalue weighted by atomic mass is 10.1. The Balaban J connectivity index is 1.46. The Morgan fingerprint density at radius 1 is 1.00 bits per heavy atom. The van der Waals surface area contributed by atoms with Gasteiger partial charge in [-0.25, -0.2) is 9.97 Å². The van der Waals surface area contributed by atoms with Crippen LogP contribution in [0, 0.1) is 12.8 Å². The predicted molar refractivity (Wildman–Crippen MR) is 139 cm³/mol. The van der Waals surface area contributed by atoms with Gasteiger partial charge in [-0.15, -0.1) is 11.3 Å². The number of nitrogens with one attached hydrogen (secondary N) is 2. The number of aryl methyl sites for hydroxylation is 1. The van der Waals surface area contributed by atoms with Crippen molar-refractivity contribution in [3.8, 4) is 10.6 Å². The SMILES string of the molecule is Cc1nc(NCc2ccc(C(F)(F)F)cc2)nc(N[C@@H]2C[C@H](CO)[C@@H](O)[C@H]2O)c1-c1nc2ccccc2s1. The molecule has 2 heterocycles. The van der Waals surface area contributed by atoms with E-state index in [-0.39, 0.29) is 19.1 Å². The predicted octanol–water partition coefficient (Wildman–Crippen LogP) is 4.21. The van der Waals surface area contributed by atoms with Crippen LogP contribution in [0.4, 0.5) is 24.9 Å². The van der Waals surface area contributed by atoms with E-state index in [4.69, 9.17) is 4.98 Å². The Bertz CT molecular complexity index is 1400. The quantitative estimate of drug-likeness (QED) is 0.234. The third kappa shape index (κ3) is 5.30. The van der Waals surface area contributed by atoms with Crippen molar-refractivity contribution in [2.24, 2.45) is 5.92 Å². The zero-order valence-electron chi connectivity index (χ0n) is 20.3. The number of halogens is 3. The first-order valence-corrected chi connectivity index (χ1v) is 12.8. The van der Waals surface area contributed by atoms with Crippen LogP contribution in [0.1, 0.15) is 23.2 Å². The second kappa shape index (κ2) is 10.4. The molecule has 1 aliphatic rings. The molecule has 8 nitrogen and oxygen atoms in total. The molecule has 12 heteroatoms. The van der Waals surface area contributed by atoms with E-state index < -0.39 is 35.9 Å². The number of nitrogens with zero attached hydrogens (tertiary/aromatic N) is 3. The summed E-state index contributed by atoms with van der Waals surface area (Å²) < 4.78 is 39.6. The lowest BCUT2D eigenvalue weighted by Crippen LogP contribution is -2.35. The number of aliphatic hydroxyl groups is 3. The van der Waals surface area contributed by atoms with Gasteiger partial charge in [0, 0.05) is 19.1 Å². The summed E-state index contributed by atoms with van der Waals surface area (Å²) in [6.45, 7) is 1.73. The first-order chi connectivity index (χ1) is 18.1. The van der Waals surface area contributed by atoms with Crippen molar-refractivity contribution in [3.05, 3.63) is 65.4 Å². The minimum absolute atomic E-state index is 0.189. The molecular formula is C26H26F3N5O3S. The summed E-state index contributed by atoms with van der Waals surface area (Å²) in [6, 6.07) is 11.9. The van der Waals surface area contributed by atoms with Crippen LogP contribution in [0.2, 0.25) is 0 Å². The van der Waals surface area contributed by atoms with E-state index in [1.165, 1.54) is 23.5 Å². The van der Waals surface area contributed by atoms with Crippen LogP contribution in [0.5, 0.6) is 0 Å². The Hall–Kier alpha value is -3.32. The zero-order valence-corrected chi connectivity index (χ0v) is 21.1. The fourth-order valence-electron chi connectivity index (χ4n) is 4.61. The molecule has 4 atom stereocenters. The van der Waals surface area contributed by atoms with Crippen LogP contribution >= 0.6 is 11.3 Å². The largest absolute Gasteiger partial charge is 0.416 e. The number of alkyl halides is 3. The van der Waals surface area contributed by atoms with Crippen LogP contribution in [-0.4, -0.2) is 55.1 Å². The molecule has 5 N–H and O–H groups in total. The van der Waals surface area contributed by atoms with Crippen molar-refractivity contribution in [2.75, 3.05) is 17.2 Å². The van der Waals surface area contributed by atoms with E-state index in [0.717, 1.165) is 22.3 Å². The summed E-state index contributed by atoms with van der Waals surface area (Å²) in [6.07, 6.45) is -6.27. The second-order valence-corrected chi connectivity index (χ2v) is 10.3. The van der Waals surface area contributed by atoms with Gasteiger partial charge in [0.25, 0.3) is 0 Å². The van der Waals surface area contributed by atoms with Crippen molar-refractivity contribution in [1.82, 2.24) is 15.0 Å².